The highest BCUT2D eigenvalue weighted by molar-refractivity contribution is 7.89. The number of benzene rings is 1. The number of nitrogens with two attached hydrogens (primary N) is 1. The number of nitrogens with one attached hydrogen (secondary N) is 1. The number of rotatable bonds is 7. The number of anilines is 1. The number of methoxy groups -OCH3 is 1. The first kappa shape index (κ1) is 16.9. The maximum atomic E-state index is 12.1. The van der Waals surface area contributed by atoms with Crippen molar-refractivity contribution in [3.05, 3.63) is 18.2 Å². The summed E-state index contributed by atoms with van der Waals surface area (Å²) in [5.74, 6) is 0.497. The van der Waals surface area contributed by atoms with E-state index in [0.29, 0.717) is 12.2 Å². The fourth-order valence-corrected chi connectivity index (χ4v) is 3.15. The van der Waals surface area contributed by atoms with Crippen LogP contribution in [-0.2, 0) is 20.8 Å². The summed E-state index contributed by atoms with van der Waals surface area (Å²) >= 11 is 0. The van der Waals surface area contributed by atoms with Crippen molar-refractivity contribution in [1.82, 2.24) is 4.72 Å². The maximum absolute atomic E-state index is 12.1. The zero-order valence-corrected chi connectivity index (χ0v) is 13.4. The van der Waals surface area contributed by atoms with E-state index in [0.717, 1.165) is 0 Å². The van der Waals surface area contributed by atoms with Gasteiger partial charge >= 0.3 is 0 Å². The van der Waals surface area contributed by atoms with Gasteiger partial charge in [0.15, 0.2) is 0 Å². The number of hydrogen-bond acceptors (Lipinski definition) is 5. The molecule has 0 saturated heterocycles. The topological polar surface area (TPSA) is 98.5 Å². The average molecular weight is 320 g/mol. The number of ether oxygens (including phenoxy) is 1. The highest BCUT2D eigenvalue weighted by Crippen LogP contribution is 2.23. The standard InChI is InChI=1S/C12H20N2O4S2/c1-9(19(3)15)6-7-14-20(16,17)12-5-4-10(18-2)8-11(12)13/h4-5,8-9,14H,6-7,13H2,1-3H3. The van der Waals surface area contributed by atoms with Gasteiger partial charge < -0.3 is 10.5 Å². The molecule has 1 aromatic rings. The van der Waals surface area contributed by atoms with Gasteiger partial charge in [-0.15, -0.1) is 0 Å². The summed E-state index contributed by atoms with van der Waals surface area (Å²) in [4.78, 5) is 0.0172. The van der Waals surface area contributed by atoms with E-state index in [4.69, 9.17) is 10.5 Å². The van der Waals surface area contributed by atoms with Crippen molar-refractivity contribution in [2.24, 2.45) is 0 Å². The van der Waals surface area contributed by atoms with Crippen molar-refractivity contribution in [3.63, 3.8) is 0 Å². The predicted molar refractivity (Wildman–Crippen MR) is 80.7 cm³/mol. The maximum Gasteiger partial charge on any atom is 0.242 e. The Morgan fingerprint density at radius 2 is 2.10 bits per heavy atom. The molecule has 6 nitrogen and oxygen atoms in total. The van der Waals surface area contributed by atoms with E-state index in [2.05, 4.69) is 4.72 Å². The van der Waals surface area contributed by atoms with Gasteiger partial charge in [0.2, 0.25) is 10.0 Å². The van der Waals surface area contributed by atoms with E-state index in [-0.39, 0.29) is 22.4 Å². The third-order valence-electron chi connectivity index (χ3n) is 2.92. The molecule has 1 aromatic carbocycles. The fraction of sp³-hybridized carbons (Fsp3) is 0.500. The molecule has 1 rings (SSSR count). The third kappa shape index (κ3) is 4.46. The summed E-state index contributed by atoms with van der Waals surface area (Å²) in [6, 6.07) is 4.39. The van der Waals surface area contributed by atoms with Gasteiger partial charge in [0.25, 0.3) is 0 Å². The van der Waals surface area contributed by atoms with Crippen molar-refractivity contribution >= 4 is 26.5 Å². The highest BCUT2D eigenvalue weighted by Gasteiger charge is 2.18. The Labute approximate surface area is 122 Å². The molecular formula is C12H20N2O4S2. The van der Waals surface area contributed by atoms with E-state index in [1.54, 1.807) is 6.26 Å². The molecule has 3 N–H and O–H groups in total. The lowest BCUT2D eigenvalue weighted by atomic mass is 10.3. The summed E-state index contributed by atoms with van der Waals surface area (Å²) in [6.07, 6.45) is 2.10. The van der Waals surface area contributed by atoms with E-state index >= 15 is 0 Å². The fourth-order valence-electron chi connectivity index (χ4n) is 1.54. The molecule has 2 unspecified atom stereocenters. The van der Waals surface area contributed by atoms with Crippen LogP contribution in [0.2, 0.25) is 0 Å². The van der Waals surface area contributed by atoms with E-state index in [9.17, 15) is 12.6 Å². The Kier molecular flexibility index (Phi) is 5.97. The van der Waals surface area contributed by atoms with Crippen molar-refractivity contribution < 1.29 is 17.4 Å². The van der Waals surface area contributed by atoms with Gasteiger partial charge in [0, 0.05) is 34.9 Å². The molecule has 20 heavy (non-hydrogen) atoms. The Bertz CT molecular complexity index is 587. The Balaban J connectivity index is 2.77. The largest absolute Gasteiger partial charge is 0.497 e. The second kappa shape index (κ2) is 7.05. The lowest BCUT2D eigenvalue weighted by molar-refractivity contribution is 0.414. The number of sulfonamides is 1. The Morgan fingerprint density at radius 1 is 1.45 bits per heavy atom. The van der Waals surface area contributed by atoms with Gasteiger partial charge in [0.05, 0.1) is 12.8 Å². The number of nitrogen functional groups attached to an aromatic ring is 1. The molecule has 0 radical (unpaired) electrons. The predicted octanol–water partition coefficient (Wildman–Crippen LogP) is 0.713. The molecule has 0 bridgehead atoms. The van der Waals surface area contributed by atoms with Crippen molar-refractivity contribution in [2.45, 2.75) is 23.5 Å². The molecular weight excluding hydrogens is 300 g/mol. The first-order valence-electron chi connectivity index (χ1n) is 6.03. The van der Waals surface area contributed by atoms with Gasteiger partial charge in [-0.2, -0.15) is 0 Å². The van der Waals surface area contributed by atoms with Crippen LogP contribution in [0.25, 0.3) is 0 Å². The second-order valence-corrected chi connectivity index (χ2v) is 7.94. The zero-order chi connectivity index (χ0) is 15.3. The summed E-state index contributed by atoms with van der Waals surface area (Å²) < 4.78 is 42.8. The minimum atomic E-state index is -3.67. The molecule has 0 amide bonds. The van der Waals surface area contributed by atoms with Gasteiger partial charge in [-0.1, -0.05) is 6.92 Å². The van der Waals surface area contributed by atoms with Crippen molar-refractivity contribution in [1.29, 1.82) is 0 Å². The quantitative estimate of drug-likeness (QED) is 0.721. The number of hydrogen-bond donors (Lipinski definition) is 2. The molecule has 2 atom stereocenters. The van der Waals surface area contributed by atoms with Crippen LogP contribution in [0.15, 0.2) is 23.1 Å². The van der Waals surface area contributed by atoms with Gasteiger partial charge in [-0.25, -0.2) is 13.1 Å². The Morgan fingerprint density at radius 3 is 2.60 bits per heavy atom. The zero-order valence-electron chi connectivity index (χ0n) is 11.8. The first-order chi connectivity index (χ1) is 9.27. The molecule has 0 aliphatic rings. The van der Waals surface area contributed by atoms with Gasteiger partial charge in [0.1, 0.15) is 10.6 Å². The Hall–Kier alpha value is -1.12. The third-order valence-corrected chi connectivity index (χ3v) is 5.82. The molecule has 0 heterocycles. The minimum absolute atomic E-state index is 0.0172. The van der Waals surface area contributed by atoms with Gasteiger partial charge in [-0.05, 0) is 18.6 Å². The average Bonchev–Trinajstić information content (AvgIpc) is 2.37. The molecule has 114 valence electrons. The highest BCUT2D eigenvalue weighted by atomic mass is 32.2. The molecule has 8 heteroatoms. The van der Waals surface area contributed by atoms with Crippen LogP contribution in [0.4, 0.5) is 5.69 Å². The molecule has 0 spiro atoms. The molecule has 0 aromatic heterocycles. The lowest BCUT2D eigenvalue weighted by Crippen LogP contribution is -2.28. The van der Waals surface area contributed by atoms with Crippen LogP contribution in [0.5, 0.6) is 5.75 Å². The van der Waals surface area contributed by atoms with E-state index in [1.807, 2.05) is 6.92 Å². The van der Waals surface area contributed by atoms with Gasteiger partial charge in [-0.3, -0.25) is 4.21 Å². The summed E-state index contributed by atoms with van der Waals surface area (Å²) in [5, 5.41) is -0.0640. The normalized spacial score (nSPS) is 14.8. The second-order valence-electron chi connectivity index (χ2n) is 4.40. The van der Waals surface area contributed by atoms with Crippen LogP contribution in [0.3, 0.4) is 0 Å². The summed E-state index contributed by atoms with van der Waals surface area (Å²) in [7, 11) is -3.16. The summed E-state index contributed by atoms with van der Waals surface area (Å²) in [5.41, 5.74) is 5.84. The van der Waals surface area contributed by atoms with Crippen LogP contribution in [0, 0.1) is 0 Å². The SMILES string of the molecule is COc1ccc(S(=O)(=O)NCCC(C)S(C)=O)c(N)c1. The molecule has 0 fully saturated rings. The first-order valence-corrected chi connectivity index (χ1v) is 9.13. The van der Waals surface area contributed by atoms with Crippen molar-refractivity contribution in [3.8, 4) is 5.75 Å². The van der Waals surface area contributed by atoms with E-state index < -0.39 is 20.8 Å². The summed E-state index contributed by atoms with van der Waals surface area (Å²) in [6.45, 7) is 2.03. The lowest BCUT2D eigenvalue weighted by Gasteiger charge is -2.12. The van der Waals surface area contributed by atoms with E-state index in [1.165, 1.54) is 25.3 Å². The molecule has 0 aliphatic heterocycles. The minimum Gasteiger partial charge on any atom is -0.497 e. The monoisotopic (exact) mass is 320 g/mol. The molecule has 0 aliphatic carbocycles. The van der Waals surface area contributed by atoms with Crippen LogP contribution in [-0.4, -0.2) is 37.8 Å². The molecule has 0 saturated carbocycles. The van der Waals surface area contributed by atoms with Crippen molar-refractivity contribution in [2.75, 3.05) is 25.6 Å². The van der Waals surface area contributed by atoms with Crippen LogP contribution >= 0.6 is 0 Å². The van der Waals surface area contributed by atoms with Crippen LogP contribution in [0.1, 0.15) is 13.3 Å². The smallest absolute Gasteiger partial charge is 0.242 e. The van der Waals surface area contributed by atoms with Crippen LogP contribution < -0.4 is 15.2 Å².